The molecule has 1 aromatic carbocycles. The minimum absolute atomic E-state index is 0.171. The van der Waals surface area contributed by atoms with Gasteiger partial charge in [0.05, 0.1) is 4.83 Å². The van der Waals surface area contributed by atoms with E-state index in [0.717, 1.165) is 6.42 Å². The van der Waals surface area contributed by atoms with Gasteiger partial charge in [-0.3, -0.25) is 0 Å². The highest BCUT2D eigenvalue weighted by atomic mass is 79.9. The largest absolute Gasteiger partial charge is 0.352 e. The zero-order valence-electron chi connectivity index (χ0n) is 9.86. The average molecular weight is 287 g/mol. The molecule has 0 aliphatic heterocycles. The number of hydrogen-bond acceptors (Lipinski definition) is 2. The molecule has 0 bridgehead atoms. The number of halogens is 1. The van der Waals surface area contributed by atoms with Crippen molar-refractivity contribution in [3.8, 4) is 0 Å². The second-order valence-electron chi connectivity index (χ2n) is 3.48. The molecule has 3 heteroatoms. The van der Waals surface area contributed by atoms with E-state index in [-0.39, 0.29) is 11.1 Å². The van der Waals surface area contributed by atoms with E-state index in [1.165, 1.54) is 5.56 Å². The Morgan fingerprint density at radius 3 is 2.12 bits per heavy atom. The van der Waals surface area contributed by atoms with Crippen molar-refractivity contribution >= 4 is 15.9 Å². The first kappa shape index (κ1) is 13.7. The highest BCUT2D eigenvalue weighted by Crippen LogP contribution is 2.17. The van der Waals surface area contributed by atoms with Gasteiger partial charge in [-0.1, -0.05) is 46.3 Å². The first-order valence-corrected chi connectivity index (χ1v) is 6.60. The molecule has 90 valence electrons. The van der Waals surface area contributed by atoms with Crippen LogP contribution in [0.5, 0.6) is 0 Å². The summed E-state index contributed by atoms with van der Waals surface area (Å²) in [7, 11) is 0. The van der Waals surface area contributed by atoms with E-state index >= 15 is 0 Å². The first-order chi connectivity index (χ1) is 7.77. The molecule has 0 heterocycles. The minimum Gasteiger partial charge on any atom is -0.352 e. The fourth-order valence-corrected chi connectivity index (χ4v) is 2.20. The molecule has 2 nitrogen and oxygen atoms in total. The van der Waals surface area contributed by atoms with Crippen LogP contribution in [0.2, 0.25) is 0 Å². The highest BCUT2D eigenvalue weighted by Gasteiger charge is 2.19. The molecule has 0 N–H and O–H groups in total. The van der Waals surface area contributed by atoms with Gasteiger partial charge < -0.3 is 9.47 Å². The van der Waals surface area contributed by atoms with Crippen LogP contribution in [0, 0.1) is 0 Å². The second kappa shape index (κ2) is 7.82. The molecule has 0 amide bonds. The molecule has 1 unspecified atom stereocenters. The number of rotatable bonds is 7. The summed E-state index contributed by atoms with van der Waals surface area (Å²) in [5.41, 5.74) is 1.29. The van der Waals surface area contributed by atoms with E-state index in [1.54, 1.807) is 0 Å². The molecule has 1 aromatic rings. The second-order valence-corrected chi connectivity index (χ2v) is 4.66. The molecule has 0 saturated carbocycles. The van der Waals surface area contributed by atoms with Crippen LogP contribution in [0.1, 0.15) is 19.4 Å². The lowest BCUT2D eigenvalue weighted by molar-refractivity contribution is -0.134. The van der Waals surface area contributed by atoms with Gasteiger partial charge in [-0.05, 0) is 25.8 Å². The van der Waals surface area contributed by atoms with Gasteiger partial charge in [-0.25, -0.2) is 0 Å². The lowest BCUT2D eigenvalue weighted by atomic mass is 10.1. The summed E-state index contributed by atoms with van der Waals surface area (Å²) in [5, 5.41) is 0. The van der Waals surface area contributed by atoms with Crippen molar-refractivity contribution in [3.63, 3.8) is 0 Å². The average Bonchev–Trinajstić information content (AvgIpc) is 2.30. The molecule has 0 fully saturated rings. The molecule has 1 atom stereocenters. The van der Waals surface area contributed by atoms with E-state index in [1.807, 2.05) is 32.0 Å². The van der Waals surface area contributed by atoms with Crippen molar-refractivity contribution < 1.29 is 9.47 Å². The maximum absolute atomic E-state index is 5.55. The molecule has 0 aliphatic carbocycles. The van der Waals surface area contributed by atoms with Crippen molar-refractivity contribution in [3.05, 3.63) is 35.9 Å². The van der Waals surface area contributed by atoms with Crippen LogP contribution in [0.4, 0.5) is 0 Å². The van der Waals surface area contributed by atoms with Crippen LogP contribution in [-0.2, 0) is 15.9 Å². The number of ether oxygens (including phenoxy) is 2. The Labute approximate surface area is 106 Å². The van der Waals surface area contributed by atoms with Crippen LogP contribution >= 0.6 is 15.9 Å². The summed E-state index contributed by atoms with van der Waals surface area (Å²) < 4.78 is 11.1. The van der Waals surface area contributed by atoms with Crippen molar-refractivity contribution in [2.24, 2.45) is 0 Å². The van der Waals surface area contributed by atoms with Crippen LogP contribution in [0.25, 0.3) is 0 Å². The van der Waals surface area contributed by atoms with Crippen molar-refractivity contribution in [1.29, 1.82) is 0 Å². The monoisotopic (exact) mass is 286 g/mol. The zero-order chi connectivity index (χ0) is 11.8. The first-order valence-electron chi connectivity index (χ1n) is 5.69. The minimum atomic E-state index is -0.171. The SMILES string of the molecule is CCOC(OCC)C(Br)Cc1ccccc1. The van der Waals surface area contributed by atoms with Crippen LogP contribution in [-0.4, -0.2) is 24.3 Å². The third-order valence-corrected chi connectivity index (χ3v) is 2.99. The lowest BCUT2D eigenvalue weighted by Crippen LogP contribution is -2.29. The van der Waals surface area contributed by atoms with Gasteiger partial charge in [0.1, 0.15) is 0 Å². The predicted molar refractivity (Wildman–Crippen MR) is 69.9 cm³/mol. The standard InChI is InChI=1S/C13H19BrO2/c1-3-15-13(16-4-2)12(14)10-11-8-6-5-7-9-11/h5-9,12-13H,3-4,10H2,1-2H3. The molecular weight excluding hydrogens is 268 g/mol. The molecule has 0 aromatic heterocycles. The van der Waals surface area contributed by atoms with Gasteiger partial charge in [0, 0.05) is 13.2 Å². The topological polar surface area (TPSA) is 18.5 Å². The zero-order valence-corrected chi connectivity index (χ0v) is 11.4. The maximum atomic E-state index is 5.55. The Hall–Kier alpha value is -0.380. The predicted octanol–water partition coefficient (Wildman–Crippen LogP) is 3.39. The Balaban J connectivity index is 2.51. The van der Waals surface area contributed by atoms with Gasteiger partial charge in [0.15, 0.2) is 6.29 Å². The van der Waals surface area contributed by atoms with Gasteiger partial charge in [-0.15, -0.1) is 0 Å². The smallest absolute Gasteiger partial charge is 0.170 e. The van der Waals surface area contributed by atoms with Gasteiger partial charge in [0.2, 0.25) is 0 Å². The molecule has 0 spiro atoms. The molecule has 1 rings (SSSR count). The quantitative estimate of drug-likeness (QED) is 0.565. The summed E-state index contributed by atoms with van der Waals surface area (Å²) in [6.45, 7) is 5.30. The summed E-state index contributed by atoms with van der Waals surface area (Å²) in [4.78, 5) is 0.190. The number of hydrogen-bond donors (Lipinski definition) is 0. The van der Waals surface area contributed by atoms with Crippen LogP contribution < -0.4 is 0 Å². The van der Waals surface area contributed by atoms with E-state index < -0.39 is 0 Å². The van der Waals surface area contributed by atoms with E-state index in [0.29, 0.717) is 13.2 Å². The van der Waals surface area contributed by atoms with E-state index in [9.17, 15) is 0 Å². The van der Waals surface area contributed by atoms with Gasteiger partial charge in [-0.2, -0.15) is 0 Å². The Morgan fingerprint density at radius 2 is 1.62 bits per heavy atom. The fourth-order valence-electron chi connectivity index (χ4n) is 1.52. The van der Waals surface area contributed by atoms with Gasteiger partial charge >= 0.3 is 0 Å². The molecule has 16 heavy (non-hydrogen) atoms. The summed E-state index contributed by atoms with van der Waals surface area (Å²) in [5.74, 6) is 0. The molecule has 0 aliphatic rings. The van der Waals surface area contributed by atoms with E-state index in [4.69, 9.17) is 9.47 Å². The third-order valence-electron chi connectivity index (χ3n) is 2.23. The van der Waals surface area contributed by atoms with Gasteiger partial charge in [0.25, 0.3) is 0 Å². The Morgan fingerprint density at radius 1 is 1.06 bits per heavy atom. The van der Waals surface area contributed by atoms with E-state index in [2.05, 4.69) is 28.1 Å². The third kappa shape index (κ3) is 4.64. The molecule has 0 radical (unpaired) electrons. The van der Waals surface area contributed by atoms with Crippen molar-refractivity contribution in [2.75, 3.05) is 13.2 Å². The summed E-state index contributed by atoms with van der Waals surface area (Å²) in [6.07, 6.45) is 0.737. The molecular formula is C13H19BrO2. The maximum Gasteiger partial charge on any atom is 0.170 e. The Bertz CT molecular complexity index is 271. The van der Waals surface area contributed by atoms with Crippen LogP contribution in [0.3, 0.4) is 0 Å². The highest BCUT2D eigenvalue weighted by molar-refractivity contribution is 9.09. The summed E-state index contributed by atoms with van der Waals surface area (Å²) >= 11 is 3.63. The van der Waals surface area contributed by atoms with Crippen LogP contribution in [0.15, 0.2) is 30.3 Å². The van der Waals surface area contributed by atoms with Crippen molar-refractivity contribution in [1.82, 2.24) is 0 Å². The summed E-state index contributed by atoms with van der Waals surface area (Å²) in [6, 6.07) is 10.3. The van der Waals surface area contributed by atoms with Crippen molar-refractivity contribution in [2.45, 2.75) is 31.4 Å². The lowest BCUT2D eigenvalue weighted by Gasteiger charge is -2.22. The Kier molecular flexibility index (Phi) is 6.69. The number of alkyl halides is 1. The molecule has 0 saturated heterocycles. The number of benzene rings is 1. The fraction of sp³-hybridized carbons (Fsp3) is 0.538. The normalized spacial score (nSPS) is 13.0.